The molecule has 0 aliphatic rings. The standard InChI is InChI=1S/C22H31ClN4OS/c1-5-11-26(4)20-15-19(23)24-22(25-20)29-16-17-9-8-10-18(14-17)21(28)27(12-6-2)13-7-3/h8-10,14-15H,5-7,11-13,16H2,1-4H3. The van der Waals surface area contributed by atoms with Crippen molar-refractivity contribution >= 4 is 35.1 Å². The van der Waals surface area contributed by atoms with Gasteiger partial charge in [0, 0.05) is 44.1 Å². The van der Waals surface area contributed by atoms with Crippen molar-refractivity contribution in [3.63, 3.8) is 0 Å². The Bertz CT molecular complexity index is 796. The molecule has 0 bridgehead atoms. The normalized spacial score (nSPS) is 10.8. The molecule has 0 aliphatic heterocycles. The zero-order chi connectivity index (χ0) is 21.2. The second-order valence-electron chi connectivity index (χ2n) is 7.03. The van der Waals surface area contributed by atoms with Gasteiger partial charge in [-0.15, -0.1) is 0 Å². The van der Waals surface area contributed by atoms with Gasteiger partial charge in [-0.3, -0.25) is 4.79 Å². The smallest absolute Gasteiger partial charge is 0.253 e. The van der Waals surface area contributed by atoms with Crippen molar-refractivity contribution in [2.24, 2.45) is 0 Å². The van der Waals surface area contributed by atoms with E-state index in [1.807, 2.05) is 36.2 Å². The molecule has 1 aromatic carbocycles. The average Bonchev–Trinajstić information content (AvgIpc) is 2.71. The Balaban J connectivity index is 2.10. The van der Waals surface area contributed by atoms with E-state index in [9.17, 15) is 4.79 Å². The summed E-state index contributed by atoms with van der Waals surface area (Å²) in [6.07, 6.45) is 2.96. The summed E-state index contributed by atoms with van der Waals surface area (Å²) < 4.78 is 0. The van der Waals surface area contributed by atoms with Gasteiger partial charge in [0.25, 0.3) is 5.91 Å². The number of thioether (sulfide) groups is 1. The fourth-order valence-electron chi connectivity index (χ4n) is 3.07. The van der Waals surface area contributed by atoms with Crippen LogP contribution in [0, 0.1) is 0 Å². The molecule has 0 unspecified atom stereocenters. The van der Waals surface area contributed by atoms with Gasteiger partial charge in [0.1, 0.15) is 11.0 Å². The van der Waals surface area contributed by atoms with Crippen LogP contribution < -0.4 is 4.90 Å². The Hall–Kier alpha value is -1.79. The monoisotopic (exact) mass is 434 g/mol. The molecule has 0 N–H and O–H groups in total. The highest BCUT2D eigenvalue weighted by Crippen LogP contribution is 2.25. The summed E-state index contributed by atoms with van der Waals surface area (Å²) >= 11 is 7.72. The first-order valence-electron chi connectivity index (χ1n) is 10.2. The molecule has 5 nitrogen and oxygen atoms in total. The molecular weight excluding hydrogens is 404 g/mol. The van der Waals surface area contributed by atoms with Crippen LogP contribution in [0.5, 0.6) is 0 Å². The second kappa shape index (κ2) is 12.0. The third kappa shape index (κ3) is 7.19. The number of benzene rings is 1. The van der Waals surface area contributed by atoms with Crippen LogP contribution in [-0.4, -0.2) is 47.5 Å². The quantitative estimate of drug-likeness (QED) is 0.264. The lowest BCUT2D eigenvalue weighted by Crippen LogP contribution is -2.32. The first-order valence-corrected chi connectivity index (χ1v) is 11.6. The maximum Gasteiger partial charge on any atom is 0.253 e. The highest BCUT2D eigenvalue weighted by Gasteiger charge is 2.15. The summed E-state index contributed by atoms with van der Waals surface area (Å²) in [6, 6.07) is 9.63. The van der Waals surface area contributed by atoms with Crippen molar-refractivity contribution in [1.29, 1.82) is 0 Å². The van der Waals surface area contributed by atoms with Crippen LogP contribution in [0.15, 0.2) is 35.5 Å². The Morgan fingerprint density at radius 1 is 1.03 bits per heavy atom. The SMILES string of the molecule is CCCN(CCC)C(=O)c1cccc(CSc2nc(Cl)cc(N(C)CCC)n2)c1. The molecule has 2 aromatic rings. The highest BCUT2D eigenvalue weighted by atomic mass is 35.5. The molecule has 158 valence electrons. The zero-order valence-electron chi connectivity index (χ0n) is 17.8. The number of hydrogen-bond acceptors (Lipinski definition) is 5. The van der Waals surface area contributed by atoms with E-state index in [1.165, 1.54) is 11.8 Å². The van der Waals surface area contributed by atoms with Crippen molar-refractivity contribution in [2.45, 2.75) is 50.9 Å². The third-order valence-electron chi connectivity index (χ3n) is 4.43. The topological polar surface area (TPSA) is 49.3 Å². The number of carbonyl (C=O) groups is 1. The van der Waals surface area contributed by atoms with Crippen LogP contribution in [0.2, 0.25) is 5.15 Å². The van der Waals surface area contributed by atoms with Crippen LogP contribution in [0.3, 0.4) is 0 Å². The molecule has 0 radical (unpaired) electrons. The predicted molar refractivity (Wildman–Crippen MR) is 123 cm³/mol. The zero-order valence-corrected chi connectivity index (χ0v) is 19.4. The number of halogens is 1. The number of anilines is 1. The molecule has 1 aromatic heterocycles. The van der Waals surface area contributed by atoms with E-state index >= 15 is 0 Å². The van der Waals surface area contributed by atoms with E-state index in [0.717, 1.165) is 55.8 Å². The summed E-state index contributed by atoms with van der Waals surface area (Å²) in [7, 11) is 2.00. The number of nitrogens with zero attached hydrogens (tertiary/aromatic N) is 4. The van der Waals surface area contributed by atoms with Gasteiger partial charge in [0.05, 0.1) is 0 Å². The molecule has 1 amide bonds. The van der Waals surface area contributed by atoms with Crippen LogP contribution >= 0.6 is 23.4 Å². The van der Waals surface area contributed by atoms with Crippen molar-refractivity contribution in [3.8, 4) is 0 Å². The van der Waals surface area contributed by atoms with Crippen LogP contribution in [0.25, 0.3) is 0 Å². The van der Waals surface area contributed by atoms with E-state index in [1.54, 1.807) is 6.07 Å². The van der Waals surface area contributed by atoms with Crippen LogP contribution in [-0.2, 0) is 5.75 Å². The predicted octanol–water partition coefficient (Wildman–Crippen LogP) is 5.53. The van der Waals surface area contributed by atoms with Gasteiger partial charge >= 0.3 is 0 Å². The van der Waals surface area contributed by atoms with Gasteiger partial charge in [-0.1, -0.05) is 56.3 Å². The maximum atomic E-state index is 12.8. The van der Waals surface area contributed by atoms with Gasteiger partial charge in [0.2, 0.25) is 0 Å². The average molecular weight is 435 g/mol. The lowest BCUT2D eigenvalue weighted by Gasteiger charge is -2.21. The summed E-state index contributed by atoms with van der Waals surface area (Å²) in [5, 5.41) is 1.09. The van der Waals surface area contributed by atoms with Crippen molar-refractivity contribution < 1.29 is 4.79 Å². The first-order chi connectivity index (χ1) is 14.0. The number of hydrogen-bond donors (Lipinski definition) is 0. The van der Waals surface area contributed by atoms with Gasteiger partial charge < -0.3 is 9.80 Å². The summed E-state index contributed by atoms with van der Waals surface area (Å²) in [5.74, 6) is 1.61. The third-order valence-corrected chi connectivity index (χ3v) is 5.54. The molecule has 2 rings (SSSR count). The largest absolute Gasteiger partial charge is 0.360 e. The molecule has 1 heterocycles. The van der Waals surface area contributed by atoms with E-state index in [-0.39, 0.29) is 5.91 Å². The summed E-state index contributed by atoms with van der Waals surface area (Å²) in [4.78, 5) is 25.8. The first kappa shape index (κ1) is 23.5. The van der Waals surface area contributed by atoms with Crippen molar-refractivity contribution in [2.75, 3.05) is 31.6 Å². The molecule has 7 heteroatoms. The number of rotatable bonds is 11. The highest BCUT2D eigenvalue weighted by molar-refractivity contribution is 7.98. The molecule has 0 aliphatic carbocycles. The lowest BCUT2D eigenvalue weighted by molar-refractivity contribution is 0.0755. The Labute approximate surface area is 183 Å². The van der Waals surface area contributed by atoms with Crippen molar-refractivity contribution in [1.82, 2.24) is 14.9 Å². The Morgan fingerprint density at radius 3 is 2.38 bits per heavy atom. The van der Waals surface area contributed by atoms with Crippen LogP contribution in [0.1, 0.15) is 56.0 Å². The van der Waals surface area contributed by atoms with Gasteiger partial charge in [-0.05, 0) is 37.0 Å². The lowest BCUT2D eigenvalue weighted by atomic mass is 10.1. The minimum atomic E-state index is 0.100. The second-order valence-corrected chi connectivity index (χ2v) is 8.36. The summed E-state index contributed by atoms with van der Waals surface area (Å²) in [5.41, 5.74) is 1.81. The summed E-state index contributed by atoms with van der Waals surface area (Å²) in [6.45, 7) is 8.81. The number of amides is 1. The number of aromatic nitrogens is 2. The van der Waals surface area contributed by atoms with Gasteiger partial charge in [-0.25, -0.2) is 9.97 Å². The fourth-order valence-corrected chi connectivity index (χ4v) is 4.10. The minimum Gasteiger partial charge on any atom is -0.360 e. The minimum absolute atomic E-state index is 0.100. The fraction of sp³-hybridized carbons (Fsp3) is 0.500. The number of carbonyl (C=O) groups excluding carboxylic acids is 1. The molecule has 0 atom stereocenters. The van der Waals surface area contributed by atoms with Gasteiger partial charge in [0.15, 0.2) is 5.16 Å². The van der Waals surface area contributed by atoms with E-state index in [2.05, 4.69) is 35.6 Å². The molecule has 0 saturated heterocycles. The molecule has 0 fully saturated rings. The maximum absolute atomic E-state index is 12.8. The van der Waals surface area contributed by atoms with Gasteiger partial charge in [-0.2, -0.15) is 0 Å². The van der Waals surface area contributed by atoms with E-state index < -0.39 is 0 Å². The molecule has 0 spiro atoms. The van der Waals surface area contributed by atoms with Crippen LogP contribution in [0.4, 0.5) is 5.82 Å². The van der Waals surface area contributed by atoms with Crippen molar-refractivity contribution in [3.05, 3.63) is 46.6 Å². The molecule has 29 heavy (non-hydrogen) atoms. The molecular formula is C22H31ClN4OS. The molecule has 0 saturated carbocycles. The Kier molecular flexibility index (Phi) is 9.74. The Morgan fingerprint density at radius 2 is 1.72 bits per heavy atom. The van der Waals surface area contributed by atoms with E-state index in [4.69, 9.17) is 11.6 Å². The van der Waals surface area contributed by atoms with E-state index in [0.29, 0.717) is 16.1 Å².